The third-order valence-electron chi connectivity index (χ3n) is 3.82. The van der Waals surface area contributed by atoms with E-state index in [4.69, 9.17) is 5.73 Å². The van der Waals surface area contributed by atoms with Gasteiger partial charge in [-0.3, -0.25) is 9.59 Å². The van der Waals surface area contributed by atoms with Crippen molar-refractivity contribution in [3.8, 4) is 11.4 Å². The van der Waals surface area contributed by atoms with Gasteiger partial charge in [-0.15, -0.1) is 10.2 Å². The number of hydrogen-bond donors (Lipinski definition) is 2. The first-order chi connectivity index (χ1) is 12.4. The third-order valence-corrected chi connectivity index (χ3v) is 3.82. The molecule has 3 N–H and O–H groups in total. The van der Waals surface area contributed by atoms with E-state index in [2.05, 4.69) is 20.7 Å². The van der Waals surface area contributed by atoms with Gasteiger partial charge in [0.05, 0.1) is 0 Å². The summed E-state index contributed by atoms with van der Waals surface area (Å²) in [5.74, 6) is -0.387. The zero-order valence-corrected chi connectivity index (χ0v) is 14.4. The van der Waals surface area contributed by atoms with Gasteiger partial charge in [0.1, 0.15) is 6.54 Å². The van der Waals surface area contributed by atoms with Crippen LogP contribution >= 0.6 is 0 Å². The van der Waals surface area contributed by atoms with Crippen molar-refractivity contribution in [2.75, 3.05) is 5.32 Å². The monoisotopic (exact) mass is 350 g/mol. The summed E-state index contributed by atoms with van der Waals surface area (Å²) in [4.78, 5) is 24.5. The number of carbonyl (C=O) groups excluding carboxylic acids is 2. The number of primary amides is 1. The predicted octanol–water partition coefficient (Wildman–Crippen LogP) is 1.69. The van der Waals surface area contributed by atoms with Gasteiger partial charge < -0.3 is 11.1 Å². The minimum absolute atomic E-state index is 0.0559. The zero-order valence-electron chi connectivity index (χ0n) is 14.4. The number of aromatic nitrogens is 4. The standard InChI is InChI=1S/C18H18N6O2/c1-11-3-8-15(12(2)9-11)20-16(25)10-24-22-18(21-23-24)14-6-4-13(5-7-14)17(19)26/h3-9H,10H2,1-2H3,(H2,19,26)(H,20,25). The molecule has 2 aromatic carbocycles. The number of amides is 2. The molecule has 1 heterocycles. The number of nitrogens with two attached hydrogens (primary N) is 1. The number of nitrogens with zero attached hydrogens (tertiary/aromatic N) is 4. The van der Waals surface area contributed by atoms with Crippen molar-refractivity contribution in [1.82, 2.24) is 20.2 Å². The molecule has 0 saturated carbocycles. The van der Waals surface area contributed by atoms with Crippen LogP contribution in [0.2, 0.25) is 0 Å². The molecule has 0 aliphatic rings. The van der Waals surface area contributed by atoms with E-state index in [1.165, 1.54) is 4.80 Å². The Kier molecular flexibility index (Phi) is 4.74. The fourth-order valence-electron chi connectivity index (χ4n) is 2.48. The second-order valence-corrected chi connectivity index (χ2v) is 5.95. The fourth-order valence-corrected chi connectivity index (χ4v) is 2.48. The molecule has 0 bridgehead atoms. The Morgan fingerprint density at radius 1 is 1.12 bits per heavy atom. The summed E-state index contributed by atoms with van der Waals surface area (Å²) < 4.78 is 0. The van der Waals surface area contributed by atoms with E-state index in [0.717, 1.165) is 16.8 Å². The van der Waals surface area contributed by atoms with E-state index in [1.54, 1.807) is 24.3 Å². The molecule has 26 heavy (non-hydrogen) atoms. The first-order valence-electron chi connectivity index (χ1n) is 7.97. The van der Waals surface area contributed by atoms with Gasteiger partial charge >= 0.3 is 0 Å². The molecular weight excluding hydrogens is 332 g/mol. The lowest BCUT2D eigenvalue weighted by Gasteiger charge is -2.08. The van der Waals surface area contributed by atoms with Gasteiger partial charge in [-0.25, -0.2) is 0 Å². The molecule has 8 heteroatoms. The highest BCUT2D eigenvalue weighted by molar-refractivity contribution is 5.93. The van der Waals surface area contributed by atoms with Crippen molar-refractivity contribution in [2.24, 2.45) is 5.73 Å². The highest BCUT2D eigenvalue weighted by Crippen LogP contribution is 2.16. The Bertz CT molecular complexity index is 962. The molecule has 0 radical (unpaired) electrons. The van der Waals surface area contributed by atoms with Crippen LogP contribution in [0.25, 0.3) is 11.4 Å². The number of rotatable bonds is 5. The van der Waals surface area contributed by atoms with Crippen LogP contribution in [0.15, 0.2) is 42.5 Å². The Morgan fingerprint density at radius 2 is 1.85 bits per heavy atom. The summed E-state index contributed by atoms with van der Waals surface area (Å²) >= 11 is 0. The van der Waals surface area contributed by atoms with Gasteiger partial charge in [0.15, 0.2) is 0 Å². The second kappa shape index (κ2) is 7.14. The van der Waals surface area contributed by atoms with E-state index in [9.17, 15) is 9.59 Å². The van der Waals surface area contributed by atoms with E-state index in [1.807, 2.05) is 32.0 Å². The molecule has 0 aliphatic carbocycles. The quantitative estimate of drug-likeness (QED) is 0.726. The SMILES string of the molecule is Cc1ccc(NC(=O)Cn2nnc(-c3ccc(C(N)=O)cc3)n2)c(C)c1. The van der Waals surface area contributed by atoms with Gasteiger partial charge in [-0.1, -0.05) is 29.8 Å². The molecule has 0 saturated heterocycles. The number of aryl methyl sites for hydroxylation is 2. The predicted molar refractivity (Wildman–Crippen MR) is 96.3 cm³/mol. The van der Waals surface area contributed by atoms with Crippen molar-refractivity contribution in [3.05, 3.63) is 59.2 Å². The van der Waals surface area contributed by atoms with Crippen molar-refractivity contribution < 1.29 is 9.59 Å². The Labute approximate surface area is 150 Å². The van der Waals surface area contributed by atoms with Gasteiger partial charge in [0, 0.05) is 16.8 Å². The van der Waals surface area contributed by atoms with Crippen LogP contribution in [0.4, 0.5) is 5.69 Å². The molecule has 8 nitrogen and oxygen atoms in total. The maximum absolute atomic E-state index is 12.2. The summed E-state index contributed by atoms with van der Waals surface area (Å²) in [6.45, 7) is 3.87. The normalized spacial score (nSPS) is 10.5. The lowest BCUT2D eigenvalue weighted by molar-refractivity contribution is -0.117. The lowest BCUT2D eigenvalue weighted by atomic mass is 10.1. The van der Waals surface area contributed by atoms with E-state index >= 15 is 0 Å². The van der Waals surface area contributed by atoms with Crippen LogP contribution < -0.4 is 11.1 Å². The molecule has 3 aromatic rings. The van der Waals surface area contributed by atoms with Gasteiger partial charge in [-0.2, -0.15) is 4.80 Å². The molecule has 2 amide bonds. The highest BCUT2D eigenvalue weighted by atomic mass is 16.2. The van der Waals surface area contributed by atoms with Crippen LogP contribution in [0.5, 0.6) is 0 Å². The largest absolute Gasteiger partial charge is 0.366 e. The molecule has 0 atom stereocenters. The molecule has 3 rings (SSSR count). The van der Waals surface area contributed by atoms with Crippen LogP contribution in [-0.2, 0) is 11.3 Å². The van der Waals surface area contributed by atoms with Gasteiger partial charge in [-0.05, 0) is 42.8 Å². The fraction of sp³-hybridized carbons (Fsp3) is 0.167. The van der Waals surface area contributed by atoms with E-state index in [0.29, 0.717) is 17.0 Å². The number of nitrogens with one attached hydrogen (secondary N) is 1. The number of hydrogen-bond acceptors (Lipinski definition) is 5. The Hall–Kier alpha value is -3.55. The van der Waals surface area contributed by atoms with Crippen molar-refractivity contribution >= 4 is 17.5 Å². The Balaban J connectivity index is 1.67. The smallest absolute Gasteiger partial charge is 0.248 e. The van der Waals surface area contributed by atoms with E-state index < -0.39 is 5.91 Å². The number of carbonyl (C=O) groups is 2. The highest BCUT2D eigenvalue weighted by Gasteiger charge is 2.11. The minimum atomic E-state index is -0.503. The maximum atomic E-state index is 12.2. The molecule has 0 aliphatic heterocycles. The molecule has 0 spiro atoms. The van der Waals surface area contributed by atoms with Gasteiger partial charge in [0.25, 0.3) is 0 Å². The molecule has 1 aromatic heterocycles. The summed E-state index contributed by atoms with van der Waals surface area (Å²) in [5, 5.41) is 14.9. The van der Waals surface area contributed by atoms with Crippen molar-refractivity contribution in [1.29, 1.82) is 0 Å². The number of benzene rings is 2. The molecule has 132 valence electrons. The topological polar surface area (TPSA) is 116 Å². The zero-order chi connectivity index (χ0) is 18.7. The molecule has 0 fully saturated rings. The summed E-state index contributed by atoms with van der Waals surface area (Å²) in [7, 11) is 0. The van der Waals surface area contributed by atoms with Crippen molar-refractivity contribution in [3.63, 3.8) is 0 Å². The van der Waals surface area contributed by atoms with E-state index in [-0.39, 0.29) is 12.5 Å². The summed E-state index contributed by atoms with van der Waals surface area (Å²) in [6.07, 6.45) is 0. The first-order valence-corrected chi connectivity index (χ1v) is 7.97. The van der Waals surface area contributed by atoms with Gasteiger partial charge in [0.2, 0.25) is 17.6 Å². The third kappa shape index (κ3) is 3.92. The number of anilines is 1. The van der Waals surface area contributed by atoms with Crippen LogP contribution in [0.3, 0.4) is 0 Å². The first kappa shape index (κ1) is 17.3. The lowest BCUT2D eigenvalue weighted by Crippen LogP contribution is -2.21. The Morgan fingerprint density at radius 3 is 2.50 bits per heavy atom. The van der Waals surface area contributed by atoms with Crippen LogP contribution in [0.1, 0.15) is 21.5 Å². The average molecular weight is 350 g/mol. The second-order valence-electron chi connectivity index (χ2n) is 5.95. The average Bonchev–Trinajstić information content (AvgIpc) is 3.06. The minimum Gasteiger partial charge on any atom is -0.366 e. The molecular formula is C18H18N6O2. The van der Waals surface area contributed by atoms with Crippen LogP contribution in [0, 0.1) is 13.8 Å². The summed E-state index contributed by atoms with van der Waals surface area (Å²) in [5.41, 5.74) is 9.16. The van der Waals surface area contributed by atoms with Crippen molar-refractivity contribution in [2.45, 2.75) is 20.4 Å². The summed E-state index contributed by atoms with van der Waals surface area (Å²) in [6, 6.07) is 12.3. The maximum Gasteiger partial charge on any atom is 0.248 e. The van der Waals surface area contributed by atoms with Crippen LogP contribution in [-0.4, -0.2) is 32.0 Å². The molecule has 0 unspecified atom stereocenters. The number of tetrazole rings is 1.